The van der Waals surface area contributed by atoms with Crippen molar-refractivity contribution in [2.45, 2.75) is 6.10 Å². The lowest BCUT2D eigenvalue weighted by Gasteiger charge is -2.04. The van der Waals surface area contributed by atoms with Crippen molar-refractivity contribution < 1.29 is 19.6 Å². The van der Waals surface area contributed by atoms with Crippen LogP contribution >= 0.6 is 0 Å². The van der Waals surface area contributed by atoms with Crippen molar-refractivity contribution in [3.8, 4) is 0 Å². The molecule has 0 saturated heterocycles. The van der Waals surface area contributed by atoms with Crippen LogP contribution in [-0.2, 0) is 9.53 Å². The first-order valence-electron chi connectivity index (χ1n) is 3.51. The number of aliphatic hydroxyl groups excluding tert-OH is 1. The molecule has 8 nitrogen and oxygen atoms in total. The lowest BCUT2D eigenvalue weighted by Crippen LogP contribution is -2.15. The number of hydrogen-bond donors (Lipinski definition) is 2. The number of rotatable bonds is 3. The Morgan fingerprint density at radius 1 is 1.86 bits per heavy atom. The largest absolute Gasteiger partial charge is 0.467 e. The Hall–Kier alpha value is -1.96. The molecule has 1 aromatic rings. The van der Waals surface area contributed by atoms with Crippen molar-refractivity contribution in [2.75, 3.05) is 7.11 Å². The molecule has 1 heterocycles. The minimum absolute atomic E-state index is 0.290. The molecule has 1 atom stereocenters. The molecule has 1 aromatic heterocycles. The predicted molar refractivity (Wildman–Crippen MR) is 42.2 cm³/mol. The van der Waals surface area contributed by atoms with Crippen molar-refractivity contribution in [2.24, 2.45) is 0 Å². The summed E-state index contributed by atoms with van der Waals surface area (Å²) in [5.41, 5.74) is -0.746. The van der Waals surface area contributed by atoms with Gasteiger partial charge in [0.1, 0.15) is 6.20 Å². The number of aromatic nitrogens is 2. The molecule has 1 rings (SSSR count). The number of carbonyl (C=O) groups is 1. The molecule has 0 fully saturated rings. The van der Waals surface area contributed by atoms with E-state index >= 15 is 0 Å². The van der Waals surface area contributed by atoms with Crippen LogP contribution in [0.1, 0.15) is 11.8 Å². The van der Waals surface area contributed by atoms with Gasteiger partial charge in [-0.05, 0) is 0 Å². The summed E-state index contributed by atoms with van der Waals surface area (Å²) in [5, 5.41) is 25.1. The van der Waals surface area contributed by atoms with E-state index in [2.05, 4.69) is 14.9 Å². The number of nitro groups is 1. The standard InChI is InChI=1S/C6H7N3O5/c1-14-6(11)5(10)4-3(9(12)13)2-7-8-4/h2,5,10H,1H3,(H,7,8). The number of H-pyrrole nitrogens is 1. The quantitative estimate of drug-likeness (QED) is 0.387. The molecule has 76 valence electrons. The molecule has 0 aliphatic rings. The van der Waals surface area contributed by atoms with E-state index in [0.29, 0.717) is 0 Å². The number of aromatic amines is 1. The number of aliphatic hydroxyl groups is 1. The van der Waals surface area contributed by atoms with Crippen LogP contribution in [-0.4, -0.2) is 33.3 Å². The Morgan fingerprint density at radius 3 is 3.00 bits per heavy atom. The number of carbonyl (C=O) groups excluding carboxylic acids is 1. The Kier molecular flexibility index (Phi) is 2.77. The first kappa shape index (κ1) is 10.1. The second-order valence-electron chi connectivity index (χ2n) is 2.35. The maximum absolute atomic E-state index is 10.8. The van der Waals surface area contributed by atoms with Crippen LogP contribution in [0.15, 0.2) is 6.20 Å². The van der Waals surface area contributed by atoms with Crippen molar-refractivity contribution in [1.82, 2.24) is 10.2 Å². The van der Waals surface area contributed by atoms with Crippen LogP contribution in [0, 0.1) is 10.1 Å². The molecule has 0 aromatic carbocycles. The first-order valence-corrected chi connectivity index (χ1v) is 3.51. The zero-order valence-corrected chi connectivity index (χ0v) is 7.13. The smallest absolute Gasteiger partial charge is 0.341 e. The summed E-state index contributed by atoms with van der Waals surface area (Å²) in [6.07, 6.45) is -0.815. The molecule has 2 N–H and O–H groups in total. The van der Waals surface area contributed by atoms with E-state index in [1.54, 1.807) is 0 Å². The highest BCUT2D eigenvalue weighted by molar-refractivity contribution is 5.76. The zero-order valence-electron chi connectivity index (χ0n) is 7.13. The highest BCUT2D eigenvalue weighted by Crippen LogP contribution is 2.22. The van der Waals surface area contributed by atoms with Gasteiger partial charge in [-0.1, -0.05) is 0 Å². The Balaban J connectivity index is 3.00. The van der Waals surface area contributed by atoms with Crippen molar-refractivity contribution in [3.63, 3.8) is 0 Å². The SMILES string of the molecule is COC(=O)C(O)c1[nH]ncc1[N+](=O)[O-]. The summed E-state index contributed by atoms with van der Waals surface area (Å²) < 4.78 is 4.21. The third-order valence-corrected chi connectivity index (χ3v) is 1.54. The van der Waals surface area contributed by atoms with E-state index in [4.69, 9.17) is 0 Å². The Labute approximate surface area is 77.6 Å². The number of methoxy groups -OCH3 is 1. The molecule has 0 amide bonds. The van der Waals surface area contributed by atoms with Gasteiger partial charge in [-0.2, -0.15) is 5.10 Å². The number of nitrogens with zero attached hydrogens (tertiary/aromatic N) is 2. The summed E-state index contributed by atoms with van der Waals surface area (Å²) in [6, 6.07) is 0. The van der Waals surface area contributed by atoms with Gasteiger partial charge in [0.15, 0.2) is 11.8 Å². The van der Waals surface area contributed by atoms with E-state index in [1.165, 1.54) is 0 Å². The normalized spacial score (nSPS) is 12.1. The van der Waals surface area contributed by atoms with Gasteiger partial charge >= 0.3 is 11.7 Å². The second-order valence-corrected chi connectivity index (χ2v) is 2.35. The molecule has 0 bridgehead atoms. The molecule has 0 spiro atoms. The van der Waals surface area contributed by atoms with Gasteiger partial charge in [-0.3, -0.25) is 15.2 Å². The lowest BCUT2D eigenvalue weighted by molar-refractivity contribution is -0.386. The number of esters is 1. The fraction of sp³-hybridized carbons (Fsp3) is 0.333. The number of nitrogens with one attached hydrogen (secondary N) is 1. The molecule has 14 heavy (non-hydrogen) atoms. The molecule has 1 unspecified atom stereocenters. The fourth-order valence-electron chi connectivity index (χ4n) is 0.866. The average Bonchev–Trinajstić information content (AvgIpc) is 2.63. The third-order valence-electron chi connectivity index (χ3n) is 1.54. The maximum Gasteiger partial charge on any atom is 0.341 e. The zero-order chi connectivity index (χ0) is 10.7. The van der Waals surface area contributed by atoms with Gasteiger partial charge in [0.05, 0.1) is 12.0 Å². The molecule has 8 heteroatoms. The molecule has 0 aliphatic heterocycles. The van der Waals surface area contributed by atoms with Crippen LogP contribution < -0.4 is 0 Å². The topological polar surface area (TPSA) is 118 Å². The summed E-state index contributed by atoms with van der Waals surface area (Å²) in [7, 11) is 1.06. The van der Waals surface area contributed by atoms with Crippen LogP contribution in [0.2, 0.25) is 0 Å². The summed E-state index contributed by atoms with van der Waals surface area (Å²) >= 11 is 0. The van der Waals surface area contributed by atoms with Gasteiger partial charge in [0.25, 0.3) is 0 Å². The van der Waals surface area contributed by atoms with Crippen LogP contribution in [0.5, 0.6) is 0 Å². The van der Waals surface area contributed by atoms with E-state index in [9.17, 15) is 20.0 Å². The van der Waals surface area contributed by atoms with Gasteiger partial charge in [-0.25, -0.2) is 4.79 Å². The highest BCUT2D eigenvalue weighted by atomic mass is 16.6. The number of hydrogen-bond acceptors (Lipinski definition) is 6. The van der Waals surface area contributed by atoms with E-state index < -0.39 is 22.7 Å². The predicted octanol–water partition coefficient (Wildman–Crippen LogP) is -0.476. The summed E-state index contributed by atoms with van der Waals surface area (Å²) in [5.74, 6) is -0.989. The second kappa shape index (κ2) is 3.83. The van der Waals surface area contributed by atoms with Crippen LogP contribution in [0.3, 0.4) is 0 Å². The van der Waals surface area contributed by atoms with Gasteiger partial charge in [-0.15, -0.1) is 0 Å². The fourth-order valence-corrected chi connectivity index (χ4v) is 0.866. The van der Waals surface area contributed by atoms with Gasteiger partial charge < -0.3 is 9.84 Å². The number of ether oxygens (including phenoxy) is 1. The first-order chi connectivity index (χ1) is 6.57. The van der Waals surface area contributed by atoms with Crippen LogP contribution in [0.4, 0.5) is 5.69 Å². The van der Waals surface area contributed by atoms with E-state index in [-0.39, 0.29) is 5.69 Å². The molecule has 0 aliphatic carbocycles. The third kappa shape index (κ3) is 1.69. The van der Waals surface area contributed by atoms with Crippen molar-refractivity contribution in [3.05, 3.63) is 22.0 Å². The maximum atomic E-state index is 10.8. The van der Waals surface area contributed by atoms with E-state index in [1.807, 2.05) is 0 Å². The Morgan fingerprint density at radius 2 is 2.50 bits per heavy atom. The molecular weight excluding hydrogens is 194 g/mol. The minimum atomic E-state index is -1.72. The highest BCUT2D eigenvalue weighted by Gasteiger charge is 2.28. The average molecular weight is 201 g/mol. The monoisotopic (exact) mass is 201 g/mol. The minimum Gasteiger partial charge on any atom is -0.467 e. The summed E-state index contributed by atoms with van der Waals surface area (Å²) in [6.45, 7) is 0. The van der Waals surface area contributed by atoms with Crippen LogP contribution in [0.25, 0.3) is 0 Å². The molecule has 0 radical (unpaired) electrons. The van der Waals surface area contributed by atoms with Gasteiger partial charge in [0, 0.05) is 0 Å². The van der Waals surface area contributed by atoms with Crippen molar-refractivity contribution in [1.29, 1.82) is 0 Å². The molecule has 0 saturated carbocycles. The molecular formula is C6H7N3O5. The lowest BCUT2D eigenvalue weighted by atomic mass is 10.2. The summed E-state index contributed by atoms with van der Waals surface area (Å²) in [4.78, 5) is 20.5. The van der Waals surface area contributed by atoms with Gasteiger partial charge in [0.2, 0.25) is 0 Å². The van der Waals surface area contributed by atoms with E-state index in [0.717, 1.165) is 13.3 Å². The van der Waals surface area contributed by atoms with Crippen molar-refractivity contribution >= 4 is 11.7 Å². The Bertz CT molecular complexity index is 360.